The van der Waals surface area contributed by atoms with Gasteiger partial charge >= 0.3 is 0 Å². The summed E-state index contributed by atoms with van der Waals surface area (Å²) in [5, 5.41) is 0. The maximum atomic E-state index is 12.5. The Balaban J connectivity index is 1.91. The Bertz CT molecular complexity index is 657. The summed E-state index contributed by atoms with van der Waals surface area (Å²) in [6, 6.07) is 7.85. The fraction of sp³-hybridized carbons (Fsp3) is 0.375. The van der Waals surface area contributed by atoms with E-state index in [0.717, 1.165) is 11.1 Å². The van der Waals surface area contributed by atoms with E-state index in [4.69, 9.17) is 9.15 Å². The number of oxazole rings is 1. The molecule has 1 aromatic heterocycles. The Hall–Kier alpha value is -2.14. The summed E-state index contributed by atoms with van der Waals surface area (Å²) in [6.45, 7) is 6.14. The second-order valence-corrected chi connectivity index (χ2v) is 5.14. The van der Waals surface area contributed by atoms with Crippen molar-refractivity contribution in [2.45, 2.75) is 13.8 Å². The van der Waals surface area contributed by atoms with Crippen molar-refractivity contribution in [1.29, 1.82) is 0 Å². The number of rotatable bonds is 2. The van der Waals surface area contributed by atoms with E-state index in [0.29, 0.717) is 43.6 Å². The van der Waals surface area contributed by atoms with Gasteiger partial charge in [0, 0.05) is 18.7 Å². The molecule has 5 nitrogen and oxygen atoms in total. The van der Waals surface area contributed by atoms with Crippen molar-refractivity contribution in [3.63, 3.8) is 0 Å². The molecule has 0 atom stereocenters. The number of carbonyl (C=O) groups excluding carboxylic acids is 1. The van der Waals surface area contributed by atoms with E-state index in [9.17, 15) is 4.79 Å². The number of aromatic nitrogens is 1. The molecular formula is C16H18N2O3. The number of carbonyl (C=O) groups is 1. The fourth-order valence-electron chi connectivity index (χ4n) is 2.44. The molecule has 21 heavy (non-hydrogen) atoms. The van der Waals surface area contributed by atoms with E-state index in [1.165, 1.54) is 0 Å². The highest BCUT2D eigenvalue weighted by atomic mass is 16.5. The van der Waals surface area contributed by atoms with Crippen molar-refractivity contribution in [2.75, 3.05) is 26.3 Å². The summed E-state index contributed by atoms with van der Waals surface area (Å²) >= 11 is 0. The summed E-state index contributed by atoms with van der Waals surface area (Å²) in [6.07, 6.45) is 0. The summed E-state index contributed by atoms with van der Waals surface area (Å²) in [4.78, 5) is 18.7. The third kappa shape index (κ3) is 2.69. The maximum Gasteiger partial charge on any atom is 0.276 e. The lowest BCUT2D eigenvalue weighted by molar-refractivity contribution is 0.0298. The first kappa shape index (κ1) is 13.8. The second-order valence-electron chi connectivity index (χ2n) is 5.14. The molecule has 110 valence electrons. The van der Waals surface area contributed by atoms with Crippen LogP contribution in [-0.4, -0.2) is 42.1 Å². The molecule has 3 rings (SSSR count). The minimum atomic E-state index is -0.0839. The van der Waals surface area contributed by atoms with Crippen molar-refractivity contribution in [3.8, 4) is 11.5 Å². The lowest BCUT2D eigenvalue weighted by Gasteiger charge is -2.26. The Labute approximate surface area is 123 Å². The first-order valence-corrected chi connectivity index (χ1v) is 7.07. The zero-order chi connectivity index (χ0) is 14.8. The van der Waals surface area contributed by atoms with Crippen LogP contribution < -0.4 is 0 Å². The van der Waals surface area contributed by atoms with Crippen molar-refractivity contribution in [3.05, 3.63) is 41.3 Å². The first-order chi connectivity index (χ1) is 10.2. The van der Waals surface area contributed by atoms with Gasteiger partial charge in [0.05, 0.1) is 13.2 Å². The van der Waals surface area contributed by atoms with Gasteiger partial charge < -0.3 is 14.1 Å². The van der Waals surface area contributed by atoms with E-state index in [-0.39, 0.29) is 5.91 Å². The van der Waals surface area contributed by atoms with Gasteiger partial charge in [-0.05, 0) is 25.5 Å². The summed E-state index contributed by atoms with van der Waals surface area (Å²) in [7, 11) is 0. The Morgan fingerprint density at radius 1 is 1.19 bits per heavy atom. The van der Waals surface area contributed by atoms with Gasteiger partial charge in [0.25, 0.3) is 5.91 Å². The van der Waals surface area contributed by atoms with Gasteiger partial charge in [-0.2, -0.15) is 0 Å². The quantitative estimate of drug-likeness (QED) is 0.851. The molecule has 2 heterocycles. The molecule has 1 aliphatic heterocycles. The number of ether oxygens (including phenoxy) is 1. The van der Waals surface area contributed by atoms with Crippen molar-refractivity contribution >= 4 is 5.91 Å². The van der Waals surface area contributed by atoms with Gasteiger partial charge in [-0.1, -0.05) is 18.2 Å². The molecule has 0 unspecified atom stereocenters. The molecule has 0 bridgehead atoms. The number of morpholine rings is 1. The maximum absolute atomic E-state index is 12.5. The molecule has 1 aromatic carbocycles. The lowest BCUT2D eigenvalue weighted by Crippen LogP contribution is -2.41. The number of hydrogen-bond acceptors (Lipinski definition) is 4. The van der Waals surface area contributed by atoms with Gasteiger partial charge in [0.2, 0.25) is 5.89 Å². The number of aryl methyl sites for hydroxylation is 2. The Morgan fingerprint density at radius 2 is 1.90 bits per heavy atom. The van der Waals surface area contributed by atoms with Gasteiger partial charge in [-0.3, -0.25) is 4.79 Å². The van der Waals surface area contributed by atoms with Crippen LogP contribution in [0.15, 0.2) is 28.7 Å². The summed E-state index contributed by atoms with van der Waals surface area (Å²) in [5.41, 5.74) is 2.39. The van der Waals surface area contributed by atoms with Gasteiger partial charge in [0.15, 0.2) is 5.69 Å². The molecule has 0 saturated carbocycles. The van der Waals surface area contributed by atoms with Crippen LogP contribution in [0, 0.1) is 13.8 Å². The van der Waals surface area contributed by atoms with Crippen LogP contribution in [-0.2, 0) is 4.74 Å². The minimum Gasteiger partial charge on any atom is -0.441 e. The molecule has 1 saturated heterocycles. The monoisotopic (exact) mass is 286 g/mol. The molecule has 1 amide bonds. The SMILES string of the molecule is Cc1ccccc1-c1nc(C(=O)N2CCOCC2)c(C)o1. The van der Waals surface area contributed by atoms with E-state index in [2.05, 4.69) is 4.98 Å². The number of benzene rings is 1. The van der Waals surface area contributed by atoms with E-state index in [1.807, 2.05) is 31.2 Å². The molecular weight excluding hydrogens is 268 g/mol. The highest BCUT2D eigenvalue weighted by Gasteiger charge is 2.25. The van der Waals surface area contributed by atoms with Crippen LogP contribution >= 0.6 is 0 Å². The van der Waals surface area contributed by atoms with E-state index in [1.54, 1.807) is 11.8 Å². The third-order valence-corrected chi connectivity index (χ3v) is 3.67. The molecule has 2 aromatic rings. The Kier molecular flexibility index (Phi) is 3.75. The Morgan fingerprint density at radius 3 is 2.62 bits per heavy atom. The van der Waals surface area contributed by atoms with Crippen LogP contribution in [0.3, 0.4) is 0 Å². The first-order valence-electron chi connectivity index (χ1n) is 7.07. The van der Waals surface area contributed by atoms with E-state index < -0.39 is 0 Å². The van der Waals surface area contributed by atoms with Gasteiger partial charge in [-0.25, -0.2) is 4.98 Å². The van der Waals surface area contributed by atoms with Crippen LogP contribution in [0.2, 0.25) is 0 Å². The zero-order valence-corrected chi connectivity index (χ0v) is 12.3. The zero-order valence-electron chi connectivity index (χ0n) is 12.3. The smallest absolute Gasteiger partial charge is 0.276 e. The van der Waals surface area contributed by atoms with Crippen molar-refractivity contribution < 1.29 is 13.9 Å². The number of hydrogen-bond donors (Lipinski definition) is 0. The molecule has 0 N–H and O–H groups in total. The normalized spacial score (nSPS) is 15.2. The van der Waals surface area contributed by atoms with Crippen molar-refractivity contribution in [2.24, 2.45) is 0 Å². The second kappa shape index (κ2) is 5.69. The average Bonchev–Trinajstić information content (AvgIpc) is 2.89. The van der Waals surface area contributed by atoms with Gasteiger partial charge in [0.1, 0.15) is 5.76 Å². The fourth-order valence-corrected chi connectivity index (χ4v) is 2.44. The predicted molar refractivity (Wildman–Crippen MR) is 78.1 cm³/mol. The van der Waals surface area contributed by atoms with Crippen LogP contribution in [0.1, 0.15) is 21.8 Å². The summed E-state index contributed by atoms with van der Waals surface area (Å²) < 4.78 is 11.0. The van der Waals surface area contributed by atoms with Gasteiger partial charge in [-0.15, -0.1) is 0 Å². The third-order valence-electron chi connectivity index (χ3n) is 3.67. The molecule has 0 spiro atoms. The largest absolute Gasteiger partial charge is 0.441 e. The highest BCUT2D eigenvalue weighted by molar-refractivity contribution is 5.93. The number of nitrogens with zero attached hydrogens (tertiary/aromatic N) is 2. The van der Waals surface area contributed by atoms with Crippen LogP contribution in [0.5, 0.6) is 0 Å². The van der Waals surface area contributed by atoms with E-state index >= 15 is 0 Å². The topological polar surface area (TPSA) is 55.6 Å². The summed E-state index contributed by atoms with van der Waals surface area (Å²) in [5.74, 6) is 0.978. The molecule has 0 radical (unpaired) electrons. The lowest BCUT2D eigenvalue weighted by atomic mass is 10.1. The number of amides is 1. The molecule has 5 heteroatoms. The molecule has 1 aliphatic rings. The average molecular weight is 286 g/mol. The highest BCUT2D eigenvalue weighted by Crippen LogP contribution is 2.25. The minimum absolute atomic E-state index is 0.0839. The molecule has 0 aliphatic carbocycles. The predicted octanol–water partition coefficient (Wildman–Crippen LogP) is 2.43. The van der Waals surface area contributed by atoms with Crippen LogP contribution in [0.4, 0.5) is 0 Å². The molecule has 1 fully saturated rings. The standard InChI is InChI=1S/C16H18N2O3/c1-11-5-3-4-6-13(11)15-17-14(12(2)21-15)16(19)18-7-9-20-10-8-18/h3-6H,7-10H2,1-2H3. The van der Waals surface area contributed by atoms with Crippen LogP contribution in [0.25, 0.3) is 11.5 Å². The van der Waals surface area contributed by atoms with Crippen molar-refractivity contribution in [1.82, 2.24) is 9.88 Å².